The monoisotopic (exact) mass is 253 g/mol. The summed E-state index contributed by atoms with van der Waals surface area (Å²) in [6.07, 6.45) is 13.3. The van der Waals surface area contributed by atoms with Gasteiger partial charge in [-0.2, -0.15) is 0 Å². The van der Waals surface area contributed by atoms with Gasteiger partial charge < -0.3 is 10.4 Å². The van der Waals surface area contributed by atoms with Crippen molar-refractivity contribution in [3.8, 4) is 0 Å². The maximum Gasteiger partial charge on any atom is 0.224 e. The van der Waals surface area contributed by atoms with Gasteiger partial charge in [-0.25, -0.2) is 0 Å². The lowest BCUT2D eigenvalue weighted by Crippen LogP contribution is -2.37. The van der Waals surface area contributed by atoms with E-state index in [1.807, 2.05) is 12.2 Å². The van der Waals surface area contributed by atoms with Crippen molar-refractivity contribution in [2.45, 2.75) is 58.4 Å². The molecule has 1 unspecified atom stereocenters. The second-order valence-electron chi connectivity index (χ2n) is 4.38. The van der Waals surface area contributed by atoms with Crippen LogP contribution in [0.2, 0.25) is 0 Å². The normalized spacial score (nSPS) is 13.3. The first-order valence-electron chi connectivity index (χ1n) is 6.94. The maximum atomic E-state index is 11.6. The van der Waals surface area contributed by atoms with Crippen molar-refractivity contribution in [1.82, 2.24) is 5.32 Å². The highest BCUT2D eigenvalue weighted by molar-refractivity contribution is 5.77. The van der Waals surface area contributed by atoms with Crippen LogP contribution in [0, 0.1) is 0 Å². The standard InChI is InChI=1S/C15H27NO2/c1-3-5-7-8-9-10-12-15(18)16-14(13-17)11-6-4-2/h5,7,9-10,14,17H,3-4,6,8,11-13H2,1-2H3,(H,16,18)/b7-5-,10-9-. The molecule has 0 aromatic heterocycles. The highest BCUT2D eigenvalue weighted by Gasteiger charge is 2.08. The molecule has 1 atom stereocenters. The molecule has 0 radical (unpaired) electrons. The lowest BCUT2D eigenvalue weighted by Gasteiger charge is -2.15. The lowest BCUT2D eigenvalue weighted by atomic mass is 10.1. The van der Waals surface area contributed by atoms with Crippen LogP contribution in [0.1, 0.15) is 52.4 Å². The largest absolute Gasteiger partial charge is 0.394 e. The molecule has 0 heterocycles. The van der Waals surface area contributed by atoms with Crippen LogP contribution in [0.15, 0.2) is 24.3 Å². The van der Waals surface area contributed by atoms with Crippen LogP contribution in [-0.2, 0) is 4.79 Å². The minimum atomic E-state index is -0.0918. The molecule has 2 N–H and O–H groups in total. The van der Waals surface area contributed by atoms with Crippen molar-refractivity contribution in [3.63, 3.8) is 0 Å². The Morgan fingerprint density at radius 2 is 1.94 bits per heavy atom. The van der Waals surface area contributed by atoms with E-state index in [-0.39, 0.29) is 18.6 Å². The zero-order valence-corrected chi connectivity index (χ0v) is 11.7. The number of rotatable bonds is 10. The van der Waals surface area contributed by atoms with Gasteiger partial charge in [0.15, 0.2) is 0 Å². The molecule has 3 heteroatoms. The first-order chi connectivity index (χ1) is 8.74. The molecule has 0 saturated heterocycles. The molecule has 3 nitrogen and oxygen atoms in total. The summed E-state index contributed by atoms with van der Waals surface area (Å²) in [5.41, 5.74) is 0. The maximum absolute atomic E-state index is 11.6. The Bertz CT molecular complexity index is 259. The molecule has 0 aliphatic heterocycles. The fourth-order valence-electron chi connectivity index (χ4n) is 1.57. The zero-order chi connectivity index (χ0) is 13.6. The Morgan fingerprint density at radius 1 is 1.22 bits per heavy atom. The van der Waals surface area contributed by atoms with Gasteiger partial charge in [0, 0.05) is 6.42 Å². The quantitative estimate of drug-likeness (QED) is 0.588. The van der Waals surface area contributed by atoms with Crippen molar-refractivity contribution < 1.29 is 9.90 Å². The molecule has 1 amide bonds. The Kier molecular flexibility index (Phi) is 11.6. The van der Waals surface area contributed by atoms with E-state index in [1.165, 1.54) is 0 Å². The van der Waals surface area contributed by atoms with E-state index in [4.69, 9.17) is 5.11 Å². The third-order valence-corrected chi connectivity index (χ3v) is 2.64. The number of allylic oxidation sites excluding steroid dienone is 3. The van der Waals surface area contributed by atoms with Gasteiger partial charge in [0.25, 0.3) is 0 Å². The Hall–Kier alpha value is -1.09. The molecular formula is C15H27NO2. The van der Waals surface area contributed by atoms with Crippen LogP contribution in [0.5, 0.6) is 0 Å². The molecule has 0 aromatic carbocycles. The van der Waals surface area contributed by atoms with Gasteiger partial charge in [-0.1, -0.05) is 51.0 Å². The average molecular weight is 253 g/mol. The Balaban J connectivity index is 3.77. The summed E-state index contributed by atoms with van der Waals surface area (Å²) in [6, 6.07) is -0.0918. The summed E-state index contributed by atoms with van der Waals surface area (Å²) in [7, 11) is 0. The molecule has 0 spiro atoms. The first-order valence-corrected chi connectivity index (χ1v) is 6.94. The van der Waals surface area contributed by atoms with Crippen molar-refractivity contribution in [1.29, 1.82) is 0 Å². The number of carbonyl (C=O) groups is 1. The van der Waals surface area contributed by atoms with E-state index in [9.17, 15) is 4.79 Å². The van der Waals surface area contributed by atoms with E-state index in [0.717, 1.165) is 32.1 Å². The fraction of sp³-hybridized carbons (Fsp3) is 0.667. The molecule has 0 saturated carbocycles. The topological polar surface area (TPSA) is 49.3 Å². The number of amides is 1. The van der Waals surface area contributed by atoms with Gasteiger partial charge in [0.2, 0.25) is 5.91 Å². The molecule has 0 bridgehead atoms. The predicted octanol–water partition coefficient (Wildman–Crippen LogP) is 2.96. The van der Waals surface area contributed by atoms with Crippen LogP contribution < -0.4 is 5.32 Å². The number of nitrogens with one attached hydrogen (secondary N) is 1. The molecule has 104 valence electrons. The molecule has 0 aliphatic carbocycles. The van der Waals surface area contributed by atoms with E-state index in [2.05, 4.69) is 31.3 Å². The predicted molar refractivity (Wildman–Crippen MR) is 76.3 cm³/mol. The van der Waals surface area contributed by atoms with Crippen LogP contribution in [0.3, 0.4) is 0 Å². The van der Waals surface area contributed by atoms with Crippen molar-refractivity contribution >= 4 is 5.91 Å². The number of hydrogen-bond acceptors (Lipinski definition) is 2. The van der Waals surface area contributed by atoms with Gasteiger partial charge in [-0.05, 0) is 19.3 Å². The second-order valence-corrected chi connectivity index (χ2v) is 4.38. The Labute approximate surface area is 111 Å². The van der Waals surface area contributed by atoms with Gasteiger partial charge >= 0.3 is 0 Å². The minimum Gasteiger partial charge on any atom is -0.394 e. The Morgan fingerprint density at radius 3 is 2.56 bits per heavy atom. The average Bonchev–Trinajstić information content (AvgIpc) is 2.38. The molecule has 0 fully saturated rings. The SMILES string of the molecule is CC/C=C\C/C=C\CC(=O)NC(CO)CCCC. The highest BCUT2D eigenvalue weighted by atomic mass is 16.3. The number of hydrogen-bond donors (Lipinski definition) is 2. The van der Waals surface area contributed by atoms with E-state index >= 15 is 0 Å². The van der Waals surface area contributed by atoms with Crippen molar-refractivity contribution in [2.75, 3.05) is 6.61 Å². The van der Waals surface area contributed by atoms with Gasteiger partial charge in [-0.15, -0.1) is 0 Å². The summed E-state index contributed by atoms with van der Waals surface area (Å²) >= 11 is 0. The number of carbonyl (C=O) groups excluding carboxylic acids is 1. The molecule has 0 aliphatic rings. The van der Waals surface area contributed by atoms with Crippen LogP contribution in [0.4, 0.5) is 0 Å². The van der Waals surface area contributed by atoms with Crippen molar-refractivity contribution in [3.05, 3.63) is 24.3 Å². The van der Waals surface area contributed by atoms with Crippen molar-refractivity contribution in [2.24, 2.45) is 0 Å². The summed E-state index contributed by atoms with van der Waals surface area (Å²) < 4.78 is 0. The zero-order valence-electron chi connectivity index (χ0n) is 11.7. The highest BCUT2D eigenvalue weighted by Crippen LogP contribution is 2.00. The third kappa shape index (κ3) is 10.1. The number of aliphatic hydroxyl groups is 1. The summed E-state index contributed by atoms with van der Waals surface area (Å²) in [5.74, 6) is -0.0131. The van der Waals surface area contributed by atoms with Crippen LogP contribution in [0.25, 0.3) is 0 Å². The lowest BCUT2D eigenvalue weighted by molar-refractivity contribution is -0.121. The number of unbranched alkanes of at least 4 members (excludes halogenated alkanes) is 1. The molecule has 0 aromatic rings. The fourth-order valence-corrected chi connectivity index (χ4v) is 1.57. The first kappa shape index (κ1) is 16.9. The second kappa shape index (κ2) is 12.4. The number of aliphatic hydroxyl groups excluding tert-OH is 1. The smallest absolute Gasteiger partial charge is 0.224 e. The minimum absolute atomic E-state index is 0.0131. The third-order valence-electron chi connectivity index (χ3n) is 2.64. The molecular weight excluding hydrogens is 226 g/mol. The van der Waals surface area contributed by atoms with Gasteiger partial charge in [-0.3, -0.25) is 4.79 Å². The van der Waals surface area contributed by atoms with Crippen LogP contribution >= 0.6 is 0 Å². The summed E-state index contributed by atoms with van der Waals surface area (Å²) in [4.78, 5) is 11.6. The van der Waals surface area contributed by atoms with E-state index < -0.39 is 0 Å². The summed E-state index contributed by atoms with van der Waals surface area (Å²) in [5, 5.41) is 12.0. The van der Waals surface area contributed by atoms with Gasteiger partial charge in [0.05, 0.1) is 12.6 Å². The van der Waals surface area contributed by atoms with E-state index in [0.29, 0.717) is 6.42 Å². The van der Waals surface area contributed by atoms with E-state index in [1.54, 1.807) is 0 Å². The van der Waals surface area contributed by atoms with Crippen LogP contribution in [-0.4, -0.2) is 23.7 Å². The molecule has 18 heavy (non-hydrogen) atoms. The summed E-state index contributed by atoms with van der Waals surface area (Å²) in [6.45, 7) is 4.22. The molecule has 0 rings (SSSR count). The van der Waals surface area contributed by atoms with Gasteiger partial charge in [0.1, 0.15) is 0 Å².